The summed E-state index contributed by atoms with van der Waals surface area (Å²) in [6.45, 7) is 9.78. The summed E-state index contributed by atoms with van der Waals surface area (Å²) >= 11 is 0. The molecule has 3 nitrogen and oxygen atoms in total. The highest BCUT2D eigenvalue weighted by Crippen LogP contribution is 2.22. The van der Waals surface area contributed by atoms with Gasteiger partial charge in [0, 0.05) is 13.0 Å². The summed E-state index contributed by atoms with van der Waals surface area (Å²) in [6, 6.07) is 0. The van der Waals surface area contributed by atoms with Crippen LogP contribution in [0.2, 0.25) is 0 Å². The number of amides is 1. The average Bonchev–Trinajstić information content (AvgIpc) is 2.48. The summed E-state index contributed by atoms with van der Waals surface area (Å²) in [5.41, 5.74) is 0. The molecular formula is C17H34N2O. The molecule has 20 heavy (non-hydrogen) atoms. The summed E-state index contributed by atoms with van der Waals surface area (Å²) in [4.78, 5) is 12.1. The zero-order valence-corrected chi connectivity index (χ0v) is 13.7. The molecule has 0 aromatic rings. The van der Waals surface area contributed by atoms with Gasteiger partial charge in [0.05, 0.1) is 0 Å². The second kappa shape index (κ2) is 10.2. The van der Waals surface area contributed by atoms with Crippen LogP contribution in [-0.2, 0) is 4.79 Å². The van der Waals surface area contributed by atoms with Crippen LogP contribution in [0, 0.1) is 17.8 Å². The smallest absolute Gasteiger partial charge is 0.220 e. The highest BCUT2D eigenvalue weighted by atomic mass is 16.1. The number of rotatable bonds is 9. The minimum absolute atomic E-state index is 0.248. The summed E-state index contributed by atoms with van der Waals surface area (Å²) in [5.74, 6) is 2.08. The minimum atomic E-state index is 0.248. The molecule has 1 aliphatic heterocycles. The van der Waals surface area contributed by atoms with Crippen LogP contribution in [0.3, 0.4) is 0 Å². The fraction of sp³-hybridized carbons (Fsp3) is 0.941. The van der Waals surface area contributed by atoms with E-state index >= 15 is 0 Å². The van der Waals surface area contributed by atoms with Crippen molar-refractivity contribution in [1.29, 1.82) is 0 Å². The molecule has 2 N–H and O–H groups in total. The van der Waals surface area contributed by atoms with E-state index in [1.807, 2.05) is 0 Å². The molecule has 3 heteroatoms. The molecular weight excluding hydrogens is 248 g/mol. The minimum Gasteiger partial charge on any atom is -0.356 e. The largest absolute Gasteiger partial charge is 0.356 e. The van der Waals surface area contributed by atoms with E-state index < -0.39 is 0 Å². The van der Waals surface area contributed by atoms with E-state index in [0.29, 0.717) is 24.2 Å². The van der Waals surface area contributed by atoms with Crippen molar-refractivity contribution in [3.8, 4) is 0 Å². The van der Waals surface area contributed by atoms with E-state index in [9.17, 15) is 4.79 Å². The zero-order valence-electron chi connectivity index (χ0n) is 13.7. The van der Waals surface area contributed by atoms with Gasteiger partial charge in [-0.3, -0.25) is 4.79 Å². The van der Waals surface area contributed by atoms with Gasteiger partial charge >= 0.3 is 0 Å². The molecule has 3 unspecified atom stereocenters. The van der Waals surface area contributed by atoms with Gasteiger partial charge in [-0.2, -0.15) is 0 Å². The number of hydrogen-bond donors (Lipinski definition) is 2. The van der Waals surface area contributed by atoms with Crippen molar-refractivity contribution in [3.05, 3.63) is 0 Å². The van der Waals surface area contributed by atoms with Gasteiger partial charge in [0.2, 0.25) is 5.91 Å². The van der Waals surface area contributed by atoms with Crippen LogP contribution in [0.4, 0.5) is 0 Å². The van der Waals surface area contributed by atoms with Crippen LogP contribution >= 0.6 is 0 Å². The van der Waals surface area contributed by atoms with Gasteiger partial charge in [0.25, 0.3) is 0 Å². The summed E-state index contributed by atoms with van der Waals surface area (Å²) < 4.78 is 0. The van der Waals surface area contributed by atoms with E-state index in [4.69, 9.17) is 0 Å². The number of unbranched alkanes of at least 4 members (excludes halogenated alkanes) is 1. The van der Waals surface area contributed by atoms with Crippen LogP contribution in [0.1, 0.15) is 65.7 Å². The van der Waals surface area contributed by atoms with Gasteiger partial charge < -0.3 is 10.6 Å². The van der Waals surface area contributed by atoms with Crippen LogP contribution < -0.4 is 10.6 Å². The number of carbonyl (C=O) groups excluding carboxylic acids is 1. The van der Waals surface area contributed by atoms with Gasteiger partial charge in [-0.15, -0.1) is 0 Å². The van der Waals surface area contributed by atoms with Crippen molar-refractivity contribution in [2.24, 2.45) is 17.8 Å². The van der Waals surface area contributed by atoms with E-state index in [1.54, 1.807) is 0 Å². The molecule has 0 saturated carbocycles. The molecule has 3 atom stereocenters. The molecule has 0 spiro atoms. The van der Waals surface area contributed by atoms with Gasteiger partial charge in [0.15, 0.2) is 0 Å². The number of carbonyl (C=O) groups is 1. The SMILES string of the molecule is CCCCC(CC)CNC(=O)CC(C)C1CCCNC1. The van der Waals surface area contributed by atoms with Crippen molar-refractivity contribution in [2.45, 2.75) is 65.7 Å². The van der Waals surface area contributed by atoms with Crippen LogP contribution in [0.25, 0.3) is 0 Å². The molecule has 0 bridgehead atoms. The highest BCUT2D eigenvalue weighted by molar-refractivity contribution is 5.76. The average molecular weight is 282 g/mol. The lowest BCUT2D eigenvalue weighted by Gasteiger charge is -2.28. The monoisotopic (exact) mass is 282 g/mol. The first-order chi connectivity index (χ1) is 9.67. The third kappa shape index (κ3) is 6.74. The van der Waals surface area contributed by atoms with Crippen LogP contribution in [0.5, 0.6) is 0 Å². The molecule has 1 amide bonds. The fourth-order valence-corrected chi connectivity index (χ4v) is 3.10. The van der Waals surface area contributed by atoms with E-state index in [2.05, 4.69) is 31.4 Å². The first kappa shape index (κ1) is 17.5. The zero-order chi connectivity index (χ0) is 14.8. The summed E-state index contributed by atoms with van der Waals surface area (Å²) in [5, 5.41) is 6.59. The predicted molar refractivity (Wildman–Crippen MR) is 85.7 cm³/mol. The van der Waals surface area contributed by atoms with E-state index in [0.717, 1.165) is 19.6 Å². The van der Waals surface area contributed by atoms with Crippen molar-refractivity contribution in [3.63, 3.8) is 0 Å². The topological polar surface area (TPSA) is 41.1 Å². The molecule has 1 heterocycles. The van der Waals surface area contributed by atoms with Gasteiger partial charge in [-0.1, -0.05) is 40.0 Å². The molecule has 1 aliphatic rings. The third-order valence-corrected chi connectivity index (χ3v) is 4.78. The first-order valence-electron chi connectivity index (χ1n) is 8.64. The van der Waals surface area contributed by atoms with Crippen molar-refractivity contribution >= 4 is 5.91 Å². The molecule has 1 saturated heterocycles. The Hall–Kier alpha value is -0.570. The van der Waals surface area contributed by atoms with Crippen molar-refractivity contribution in [2.75, 3.05) is 19.6 Å². The molecule has 118 valence electrons. The Labute approximate surface area is 125 Å². The predicted octanol–water partition coefficient (Wildman–Crippen LogP) is 3.34. The maximum atomic E-state index is 12.1. The molecule has 0 aromatic carbocycles. The number of hydrogen-bond acceptors (Lipinski definition) is 2. The third-order valence-electron chi connectivity index (χ3n) is 4.78. The Balaban J connectivity index is 2.20. The lowest BCUT2D eigenvalue weighted by molar-refractivity contribution is -0.122. The molecule has 1 fully saturated rings. The fourth-order valence-electron chi connectivity index (χ4n) is 3.10. The Kier molecular flexibility index (Phi) is 8.92. The lowest BCUT2D eigenvalue weighted by atomic mass is 9.85. The van der Waals surface area contributed by atoms with E-state index in [-0.39, 0.29) is 5.91 Å². The maximum absolute atomic E-state index is 12.1. The maximum Gasteiger partial charge on any atom is 0.220 e. The molecule has 0 aliphatic carbocycles. The summed E-state index contributed by atoms with van der Waals surface area (Å²) in [7, 11) is 0. The summed E-state index contributed by atoms with van der Waals surface area (Å²) in [6.07, 6.45) is 8.16. The number of nitrogens with one attached hydrogen (secondary N) is 2. The standard InChI is InChI=1S/C17H34N2O/c1-4-6-8-15(5-2)12-19-17(20)11-14(3)16-9-7-10-18-13-16/h14-16,18H,4-13H2,1-3H3,(H,19,20). The Morgan fingerprint density at radius 2 is 2.20 bits per heavy atom. The van der Waals surface area contributed by atoms with Crippen LogP contribution in [0.15, 0.2) is 0 Å². The second-order valence-corrected chi connectivity index (χ2v) is 6.51. The first-order valence-corrected chi connectivity index (χ1v) is 8.64. The molecule has 1 rings (SSSR count). The Morgan fingerprint density at radius 3 is 2.80 bits per heavy atom. The number of piperidine rings is 1. The van der Waals surface area contributed by atoms with Crippen molar-refractivity contribution in [1.82, 2.24) is 10.6 Å². The lowest BCUT2D eigenvalue weighted by Crippen LogP contribution is -2.36. The highest BCUT2D eigenvalue weighted by Gasteiger charge is 2.22. The van der Waals surface area contributed by atoms with Crippen LogP contribution in [-0.4, -0.2) is 25.5 Å². The molecule has 0 aromatic heterocycles. The van der Waals surface area contributed by atoms with Gasteiger partial charge in [-0.05, 0) is 50.1 Å². The normalized spacial score (nSPS) is 22.2. The Bertz CT molecular complexity index is 262. The second-order valence-electron chi connectivity index (χ2n) is 6.51. The Morgan fingerprint density at radius 1 is 1.40 bits per heavy atom. The van der Waals surface area contributed by atoms with Gasteiger partial charge in [0.1, 0.15) is 0 Å². The van der Waals surface area contributed by atoms with Crippen molar-refractivity contribution < 1.29 is 4.79 Å². The molecule has 0 radical (unpaired) electrons. The van der Waals surface area contributed by atoms with E-state index in [1.165, 1.54) is 38.5 Å². The quantitative estimate of drug-likeness (QED) is 0.681. The van der Waals surface area contributed by atoms with Gasteiger partial charge in [-0.25, -0.2) is 0 Å².